The number of hydrogen-bond donors (Lipinski definition) is 2. The number of nitriles is 1. The van der Waals surface area contributed by atoms with Gasteiger partial charge in [-0.15, -0.1) is 0 Å². The number of benzene rings is 1. The number of carbonyl (C=O) groups excluding carboxylic acids is 1. The van der Waals surface area contributed by atoms with Gasteiger partial charge in [-0.1, -0.05) is 18.2 Å². The Morgan fingerprint density at radius 2 is 2.00 bits per heavy atom. The SMILES string of the molecule is N#Cc1c(C(=O)O)n(C(N)=O)c2ccccc12. The monoisotopic (exact) mass is 229 g/mol. The van der Waals surface area contributed by atoms with E-state index in [1.807, 2.05) is 0 Å². The molecule has 0 aliphatic rings. The van der Waals surface area contributed by atoms with Crippen molar-refractivity contribution in [2.45, 2.75) is 0 Å². The largest absolute Gasteiger partial charge is 0.477 e. The zero-order chi connectivity index (χ0) is 12.6. The lowest BCUT2D eigenvalue weighted by molar-refractivity contribution is 0.0687. The van der Waals surface area contributed by atoms with Gasteiger partial charge in [-0.3, -0.25) is 4.57 Å². The third kappa shape index (κ3) is 1.41. The van der Waals surface area contributed by atoms with E-state index in [2.05, 4.69) is 0 Å². The van der Waals surface area contributed by atoms with Gasteiger partial charge in [0.05, 0.1) is 11.1 Å². The Hall–Kier alpha value is -2.81. The van der Waals surface area contributed by atoms with Crippen LogP contribution in [0.25, 0.3) is 10.9 Å². The summed E-state index contributed by atoms with van der Waals surface area (Å²) in [5, 5.41) is 18.4. The molecule has 0 saturated heterocycles. The highest BCUT2D eigenvalue weighted by molar-refractivity contribution is 6.05. The van der Waals surface area contributed by atoms with Crippen molar-refractivity contribution in [3.05, 3.63) is 35.5 Å². The van der Waals surface area contributed by atoms with Crippen molar-refractivity contribution in [3.8, 4) is 6.07 Å². The summed E-state index contributed by atoms with van der Waals surface area (Å²) in [6, 6.07) is 7.25. The van der Waals surface area contributed by atoms with Crippen molar-refractivity contribution >= 4 is 22.9 Å². The van der Waals surface area contributed by atoms with E-state index in [1.54, 1.807) is 24.3 Å². The van der Waals surface area contributed by atoms with Gasteiger partial charge in [0.2, 0.25) is 0 Å². The van der Waals surface area contributed by atoms with Crippen molar-refractivity contribution in [3.63, 3.8) is 0 Å². The van der Waals surface area contributed by atoms with E-state index in [0.717, 1.165) is 4.57 Å². The Labute approximate surface area is 95.5 Å². The maximum atomic E-state index is 11.3. The zero-order valence-electron chi connectivity index (χ0n) is 8.54. The number of nitrogens with zero attached hydrogens (tertiary/aromatic N) is 2. The molecule has 0 atom stereocenters. The molecule has 2 aromatic rings. The van der Waals surface area contributed by atoms with Gasteiger partial charge in [-0.25, -0.2) is 9.59 Å². The molecule has 1 amide bonds. The van der Waals surface area contributed by atoms with E-state index < -0.39 is 17.7 Å². The Bertz CT molecular complexity index is 679. The summed E-state index contributed by atoms with van der Waals surface area (Å²) in [4.78, 5) is 22.4. The first-order chi connectivity index (χ1) is 8.07. The molecule has 0 saturated carbocycles. The standard InChI is InChI=1S/C11H7N3O3/c12-5-7-6-3-1-2-4-8(6)14(11(13)17)9(7)10(15)16/h1-4H,(H2,13,17)(H,15,16). The number of aromatic nitrogens is 1. The van der Waals surface area contributed by atoms with E-state index in [4.69, 9.17) is 16.1 Å². The number of rotatable bonds is 1. The number of amides is 1. The minimum absolute atomic E-state index is 0.0631. The average molecular weight is 229 g/mol. The quantitative estimate of drug-likeness (QED) is 0.763. The lowest BCUT2D eigenvalue weighted by Crippen LogP contribution is -2.23. The highest BCUT2D eigenvalue weighted by Gasteiger charge is 2.24. The summed E-state index contributed by atoms with van der Waals surface area (Å²) in [7, 11) is 0. The van der Waals surface area contributed by atoms with Gasteiger partial charge in [0.25, 0.3) is 0 Å². The van der Waals surface area contributed by atoms with E-state index in [9.17, 15) is 9.59 Å². The minimum atomic E-state index is -1.36. The van der Waals surface area contributed by atoms with Crippen LogP contribution in [-0.4, -0.2) is 21.7 Å². The summed E-state index contributed by atoms with van der Waals surface area (Å²) in [5.41, 5.74) is 4.99. The molecule has 3 N–H and O–H groups in total. The second kappa shape index (κ2) is 3.64. The van der Waals surface area contributed by atoms with E-state index >= 15 is 0 Å². The number of para-hydroxylation sites is 1. The van der Waals surface area contributed by atoms with Gasteiger partial charge in [-0.05, 0) is 6.07 Å². The van der Waals surface area contributed by atoms with E-state index in [0.29, 0.717) is 10.9 Å². The molecule has 0 fully saturated rings. The van der Waals surface area contributed by atoms with Crippen LogP contribution in [0, 0.1) is 11.3 Å². The molecule has 1 aromatic carbocycles. The molecule has 1 heterocycles. The number of primary amides is 1. The third-order valence-corrected chi connectivity index (χ3v) is 2.41. The highest BCUT2D eigenvalue weighted by Crippen LogP contribution is 2.25. The molecule has 0 unspecified atom stereocenters. The lowest BCUT2D eigenvalue weighted by Gasteiger charge is -2.01. The molecule has 6 heteroatoms. The molecular formula is C11H7N3O3. The van der Waals surface area contributed by atoms with Crippen LogP contribution < -0.4 is 5.73 Å². The van der Waals surface area contributed by atoms with Gasteiger partial charge in [-0.2, -0.15) is 5.26 Å². The van der Waals surface area contributed by atoms with Crippen LogP contribution in [0.3, 0.4) is 0 Å². The van der Waals surface area contributed by atoms with Gasteiger partial charge in [0.15, 0.2) is 5.69 Å². The van der Waals surface area contributed by atoms with Crippen LogP contribution in [0.15, 0.2) is 24.3 Å². The Morgan fingerprint density at radius 3 is 2.53 bits per heavy atom. The van der Waals surface area contributed by atoms with Crippen LogP contribution in [0.5, 0.6) is 0 Å². The molecular weight excluding hydrogens is 222 g/mol. The summed E-state index contributed by atoms with van der Waals surface area (Å²) >= 11 is 0. The normalized spacial score (nSPS) is 10.1. The molecule has 0 aliphatic carbocycles. The van der Waals surface area contributed by atoms with Crippen LogP contribution in [0.4, 0.5) is 4.79 Å². The maximum Gasteiger partial charge on any atom is 0.354 e. The molecule has 17 heavy (non-hydrogen) atoms. The van der Waals surface area contributed by atoms with Gasteiger partial charge < -0.3 is 10.8 Å². The third-order valence-electron chi connectivity index (χ3n) is 2.41. The van der Waals surface area contributed by atoms with Crippen molar-refractivity contribution in [2.75, 3.05) is 0 Å². The molecule has 0 bridgehead atoms. The predicted molar refractivity (Wildman–Crippen MR) is 58.6 cm³/mol. The Morgan fingerprint density at radius 1 is 1.35 bits per heavy atom. The number of aromatic carboxylic acids is 1. The Kier molecular flexibility index (Phi) is 2.29. The molecule has 2 rings (SSSR count). The first-order valence-electron chi connectivity index (χ1n) is 4.64. The highest BCUT2D eigenvalue weighted by atomic mass is 16.4. The fraction of sp³-hybridized carbons (Fsp3) is 0. The summed E-state index contributed by atoms with van der Waals surface area (Å²) < 4.78 is 0.830. The van der Waals surface area contributed by atoms with Crippen LogP contribution in [-0.2, 0) is 0 Å². The number of hydrogen-bond acceptors (Lipinski definition) is 3. The first-order valence-corrected chi connectivity index (χ1v) is 4.64. The molecule has 0 radical (unpaired) electrons. The molecule has 84 valence electrons. The number of carbonyl (C=O) groups is 2. The average Bonchev–Trinajstić information content (AvgIpc) is 2.63. The number of fused-ring (bicyclic) bond motifs is 1. The second-order valence-electron chi connectivity index (χ2n) is 3.33. The summed E-state index contributed by atoms with van der Waals surface area (Å²) in [6.45, 7) is 0. The summed E-state index contributed by atoms with van der Waals surface area (Å²) in [5.74, 6) is -1.36. The Balaban J connectivity index is 3.04. The molecule has 6 nitrogen and oxygen atoms in total. The number of carboxylic acids is 1. The van der Waals surface area contributed by atoms with E-state index in [-0.39, 0.29) is 5.56 Å². The van der Waals surface area contributed by atoms with Crippen LogP contribution in [0.2, 0.25) is 0 Å². The molecule has 1 aromatic heterocycles. The smallest absolute Gasteiger partial charge is 0.354 e. The van der Waals surface area contributed by atoms with E-state index in [1.165, 1.54) is 6.07 Å². The van der Waals surface area contributed by atoms with Crippen LogP contribution in [0.1, 0.15) is 16.1 Å². The van der Waals surface area contributed by atoms with Crippen molar-refractivity contribution < 1.29 is 14.7 Å². The van der Waals surface area contributed by atoms with Crippen molar-refractivity contribution in [1.82, 2.24) is 4.57 Å². The predicted octanol–water partition coefficient (Wildman–Crippen LogP) is 1.14. The topological polar surface area (TPSA) is 109 Å². The lowest BCUT2D eigenvalue weighted by atomic mass is 10.1. The van der Waals surface area contributed by atoms with Gasteiger partial charge in [0.1, 0.15) is 6.07 Å². The maximum absolute atomic E-state index is 11.3. The van der Waals surface area contributed by atoms with Crippen LogP contribution >= 0.6 is 0 Å². The second-order valence-corrected chi connectivity index (χ2v) is 3.33. The fourth-order valence-electron chi connectivity index (χ4n) is 1.78. The number of nitrogens with two attached hydrogens (primary N) is 1. The van der Waals surface area contributed by atoms with Gasteiger partial charge >= 0.3 is 12.0 Å². The molecule has 0 spiro atoms. The van der Waals surface area contributed by atoms with Crippen molar-refractivity contribution in [1.29, 1.82) is 5.26 Å². The van der Waals surface area contributed by atoms with Gasteiger partial charge in [0, 0.05) is 5.39 Å². The van der Waals surface area contributed by atoms with Crippen molar-refractivity contribution in [2.24, 2.45) is 5.73 Å². The fourth-order valence-corrected chi connectivity index (χ4v) is 1.78. The summed E-state index contributed by atoms with van der Waals surface area (Å²) in [6.07, 6.45) is 0. The minimum Gasteiger partial charge on any atom is -0.477 e. The number of carboxylic acid groups (broad SMARTS) is 1. The molecule has 0 aliphatic heterocycles. The first kappa shape index (κ1) is 10.7. The zero-order valence-corrected chi connectivity index (χ0v) is 8.54.